The molecule has 2 aromatic rings. The van der Waals surface area contributed by atoms with E-state index in [1.807, 2.05) is 0 Å². The molecule has 1 fully saturated rings. The lowest BCUT2D eigenvalue weighted by Gasteiger charge is -2.27. The van der Waals surface area contributed by atoms with Crippen LogP contribution < -0.4 is 0 Å². The average Bonchev–Trinajstić information content (AvgIpc) is 3.14. The highest BCUT2D eigenvalue weighted by Gasteiger charge is 2.34. The zero-order chi connectivity index (χ0) is 15.7. The summed E-state index contributed by atoms with van der Waals surface area (Å²) < 4.78 is 5.05. The molecule has 0 aliphatic carbocycles. The zero-order valence-electron chi connectivity index (χ0n) is 12.4. The van der Waals surface area contributed by atoms with Crippen LogP contribution in [0.4, 0.5) is 0 Å². The zero-order valence-corrected chi connectivity index (χ0v) is 12.4. The van der Waals surface area contributed by atoms with Crippen LogP contribution in [0.2, 0.25) is 0 Å². The van der Waals surface area contributed by atoms with Crippen LogP contribution in [0.25, 0.3) is 0 Å². The predicted molar refractivity (Wildman–Crippen MR) is 76.9 cm³/mol. The van der Waals surface area contributed by atoms with Gasteiger partial charge in [0.15, 0.2) is 0 Å². The summed E-state index contributed by atoms with van der Waals surface area (Å²) >= 11 is 0. The molecule has 1 saturated heterocycles. The summed E-state index contributed by atoms with van der Waals surface area (Å²) in [6, 6.07) is 3.38. The fraction of sp³-hybridized carbons (Fsp3) is 0.333. The molecule has 114 valence electrons. The summed E-state index contributed by atoms with van der Waals surface area (Å²) in [5.41, 5.74) is 1.41. The number of amides is 2. The molecule has 2 amide bonds. The van der Waals surface area contributed by atoms with Crippen LogP contribution in [0.15, 0.2) is 29.0 Å². The minimum Gasteiger partial charge on any atom is -0.361 e. The number of nitrogens with zero attached hydrogens (tertiary/aromatic N) is 4. The Morgan fingerprint density at radius 3 is 2.50 bits per heavy atom. The van der Waals surface area contributed by atoms with Crippen molar-refractivity contribution in [2.45, 2.75) is 20.3 Å². The third-order valence-electron chi connectivity index (χ3n) is 3.66. The van der Waals surface area contributed by atoms with Gasteiger partial charge in [0, 0.05) is 25.5 Å². The number of aryl methyl sites for hydroxylation is 2. The van der Waals surface area contributed by atoms with E-state index in [4.69, 9.17) is 4.52 Å². The number of rotatable bonds is 2. The summed E-state index contributed by atoms with van der Waals surface area (Å²) in [5.74, 6) is -0.0279. The van der Waals surface area contributed by atoms with Gasteiger partial charge in [0.05, 0.1) is 11.3 Å². The van der Waals surface area contributed by atoms with Gasteiger partial charge < -0.3 is 4.52 Å². The highest BCUT2D eigenvalue weighted by atomic mass is 16.5. The molecule has 0 unspecified atom stereocenters. The molecule has 0 radical (unpaired) electrons. The fourth-order valence-corrected chi connectivity index (χ4v) is 2.59. The fourth-order valence-electron chi connectivity index (χ4n) is 2.59. The maximum absolute atomic E-state index is 12.7. The summed E-state index contributed by atoms with van der Waals surface area (Å²) in [6.07, 6.45) is 3.84. The van der Waals surface area contributed by atoms with Crippen molar-refractivity contribution in [3.63, 3.8) is 0 Å². The molecule has 2 aromatic heterocycles. The van der Waals surface area contributed by atoms with Gasteiger partial charge in [0.25, 0.3) is 11.8 Å². The number of hydrazine groups is 1. The van der Waals surface area contributed by atoms with Crippen LogP contribution in [0.3, 0.4) is 0 Å². The number of hydrogen-bond acceptors (Lipinski definition) is 5. The Hall–Kier alpha value is -2.70. The molecular weight excluding hydrogens is 284 g/mol. The third kappa shape index (κ3) is 2.34. The Morgan fingerprint density at radius 1 is 1.18 bits per heavy atom. The van der Waals surface area contributed by atoms with Crippen LogP contribution in [0.5, 0.6) is 0 Å². The van der Waals surface area contributed by atoms with Crippen molar-refractivity contribution < 1.29 is 14.1 Å². The largest absolute Gasteiger partial charge is 0.361 e. The standard InChI is InChI=1S/C15H16N4O3/c1-10-13(11(2)22-17-10)15(21)19-8-4-7-18(19)14(20)12-5-3-6-16-9-12/h3,5-6,9H,4,7-8H2,1-2H3. The summed E-state index contributed by atoms with van der Waals surface area (Å²) in [6.45, 7) is 4.40. The molecule has 0 N–H and O–H groups in total. The minimum atomic E-state index is -0.258. The Kier molecular flexibility index (Phi) is 3.62. The Bertz CT molecular complexity index is 691. The summed E-state index contributed by atoms with van der Waals surface area (Å²) in [5, 5.41) is 6.72. The lowest BCUT2D eigenvalue weighted by Crippen LogP contribution is -2.45. The second-order valence-electron chi connectivity index (χ2n) is 5.15. The van der Waals surface area contributed by atoms with Crippen molar-refractivity contribution in [1.82, 2.24) is 20.2 Å². The molecule has 0 bridgehead atoms. The average molecular weight is 300 g/mol. The lowest BCUT2D eigenvalue weighted by atomic mass is 10.2. The Balaban J connectivity index is 1.88. The van der Waals surface area contributed by atoms with Crippen LogP contribution in [0.1, 0.15) is 38.6 Å². The molecule has 3 rings (SSSR count). The molecule has 0 aromatic carbocycles. The van der Waals surface area contributed by atoms with E-state index < -0.39 is 0 Å². The maximum Gasteiger partial charge on any atom is 0.277 e. The van der Waals surface area contributed by atoms with Crippen molar-refractivity contribution in [3.05, 3.63) is 47.1 Å². The molecule has 3 heterocycles. The first-order valence-electron chi connectivity index (χ1n) is 7.06. The lowest BCUT2D eigenvalue weighted by molar-refractivity contribution is 0.0184. The van der Waals surface area contributed by atoms with E-state index in [0.717, 1.165) is 6.42 Å². The molecule has 0 spiro atoms. The Labute approximate surface area is 127 Å². The number of aromatic nitrogens is 2. The monoisotopic (exact) mass is 300 g/mol. The Morgan fingerprint density at radius 2 is 1.91 bits per heavy atom. The SMILES string of the molecule is Cc1noc(C)c1C(=O)N1CCCN1C(=O)c1cccnc1. The van der Waals surface area contributed by atoms with Gasteiger partial charge in [-0.3, -0.25) is 14.6 Å². The van der Waals surface area contributed by atoms with E-state index in [0.29, 0.717) is 35.7 Å². The normalized spacial score (nSPS) is 14.5. The topological polar surface area (TPSA) is 79.5 Å². The van der Waals surface area contributed by atoms with Gasteiger partial charge >= 0.3 is 0 Å². The molecule has 7 heteroatoms. The van der Waals surface area contributed by atoms with Crippen molar-refractivity contribution in [2.75, 3.05) is 13.1 Å². The van der Waals surface area contributed by atoms with Crippen LogP contribution in [-0.4, -0.2) is 45.1 Å². The van der Waals surface area contributed by atoms with E-state index >= 15 is 0 Å². The van der Waals surface area contributed by atoms with Crippen LogP contribution in [-0.2, 0) is 0 Å². The van der Waals surface area contributed by atoms with Crippen LogP contribution >= 0.6 is 0 Å². The molecular formula is C15H16N4O3. The number of carbonyl (C=O) groups excluding carboxylic acids is 2. The third-order valence-corrected chi connectivity index (χ3v) is 3.66. The van der Waals surface area contributed by atoms with Gasteiger partial charge in [-0.1, -0.05) is 5.16 Å². The van der Waals surface area contributed by atoms with Gasteiger partial charge in [-0.25, -0.2) is 10.0 Å². The van der Waals surface area contributed by atoms with Crippen molar-refractivity contribution in [3.8, 4) is 0 Å². The first-order valence-corrected chi connectivity index (χ1v) is 7.06. The van der Waals surface area contributed by atoms with E-state index in [9.17, 15) is 9.59 Å². The van der Waals surface area contributed by atoms with Gasteiger partial charge in [-0.05, 0) is 32.4 Å². The smallest absolute Gasteiger partial charge is 0.277 e. The number of carbonyl (C=O) groups is 2. The second kappa shape index (κ2) is 5.59. The first kappa shape index (κ1) is 14.2. The maximum atomic E-state index is 12.7. The van der Waals surface area contributed by atoms with E-state index in [1.54, 1.807) is 32.2 Å². The molecule has 1 aliphatic rings. The quantitative estimate of drug-likeness (QED) is 0.841. The summed E-state index contributed by atoms with van der Waals surface area (Å²) in [7, 11) is 0. The van der Waals surface area contributed by atoms with Crippen molar-refractivity contribution in [2.24, 2.45) is 0 Å². The molecule has 7 nitrogen and oxygen atoms in total. The van der Waals surface area contributed by atoms with Gasteiger partial charge in [0.1, 0.15) is 11.3 Å². The van der Waals surface area contributed by atoms with Gasteiger partial charge in [-0.2, -0.15) is 0 Å². The highest BCUT2D eigenvalue weighted by molar-refractivity contribution is 6.00. The predicted octanol–water partition coefficient (Wildman–Crippen LogP) is 1.59. The number of hydrogen-bond donors (Lipinski definition) is 0. The molecule has 0 atom stereocenters. The van der Waals surface area contributed by atoms with Gasteiger partial charge in [-0.15, -0.1) is 0 Å². The first-order chi connectivity index (χ1) is 10.6. The van der Waals surface area contributed by atoms with E-state index in [-0.39, 0.29) is 11.8 Å². The molecule has 1 aliphatic heterocycles. The van der Waals surface area contributed by atoms with Crippen molar-refractivity contribution in [1.29, 1.82) is 0 Å². The number of pyridine rings is 1. The minimum absolute atomic E-state index is 0.231. The molecule has 0 saturated carbocycles. The van der Waals surface area contributed by atoms with Gasteiger partial charge in [0.2, 0.25) is 0 Å². The van der Waals surface area contributed by atoms with Crippen molar-refractivity contribution >= 4 is 11.8 Å². The molecule has 22 heavy (non-hydrogen) atoms. The van der Waals surface area contributed by atoms with Crippen LogP contribution in [0, 0.1) is 13.8 Å². The second-order valence-corrected chi connectivity index (χ2v) is 5.15. The highest BCUT2D eigenvalue weighted by Crippen LogP contribution is 2.21. The van der Waals surface area contributed by atoms with E-state index in [1.165, 1.54) is 16.2 Å². The summed E-state index contributed by atoms with van der Waals surface area (Å²) in [4.78, 5) is 29.2. The van der Waals surface area contributed by atoms with E-state index in [2.05, 4.69) is 10.1 Å².